The molecule has 1 aromatic rings. The van der Waals surface area contributed by atoms with Crippen LogP contribution >= 0.6 is 0 Å². The third kappa shape index (κ3) is 1.90. The number of hydrogen-bond acceptors (Lipinski definition) is 3. The van der Waals surface area contributed by atoms with Crippen LogP contribution in [0.5, 0.6) is 0 Å². The van der Waals surface area contributed by atoms with Gasteiger partial charge in [-0.3, -0.25) is 9.88 Å². The highest BCUT2D eigenvalue weighted by atomic mass is 16.4. The normalized spacial score (nSPS) is 19.7. The minimum atomic E-state index is -1.02. The molecule has 5 heteroatoms. The van der Waals surface area contributed by atoms with Gasteiger partial charge in [-0.15, -0.1) is 0 Å². The summed E-state index contributed by atoms with van der Waals surface area (Å²) in [6.45, 7) is 0.0995. The first kappa shape index (κ1) is 10.6. The Morgan fingerprint density at radius 3 is 2.94 bits per heavy atom. The fourth-order valence-electron chi connectivity index (χ4n) is 1.78. The molecule has 0 saturated carbocycles. The molecule has 1 amide bonds. The fourth-order valence-corrected chi connectivity index (χ4v) is 1.78. The summed E-state index contributed by atoms with van der Waals surface area (Å²) < 4.78 is 0. The molecule has 1 atom stereocenters. The van der Waals surface area contributed by atoms with Gasteiger partial charge in [-0.05, 0) is 17.2 Å². The molecule has 0 fully saturated rings. The van der Waals surface area contributed by atoms with Crippen LogP contribution in [0.2, 0.25) is 0 Å². The number of aliphatic hydroxyl groups excluding tert-OH is 1. The SMILES string of the molecule is O=C(O)N1CC(c2cccnc2)=CC1CO. The van der Waals surface area contributed by atoms with E-state index in [0.29, 0.717) is 6.54 Å². The lowest BCUT2D eigenvalue weighted by Gasteiger charge is -2.18. The first-order valence-corrected chi connectivity index (χ1v) is 4.94. The van der Waals surface area contributed by atoms with E-state index in [4.69, 9.17) is 10.2 Å². The average Bonchev–Trinajstić information content (AvgIpc) is 2.74. The molecule has 84 valence electrons. The van der Waals surface area contributed by atoms with Crippen LogP contribution in [0.25, 0.3) is 5.57 Å². The molecule has 0 radical (unpaired) electrons. The van der Waals surface area contributed by atoms with Crippen molar-refractivity contribution in [3.63, 3.8) is 0 Å². The second-order valence-corrected chi connectivity index (χ2v) is 3.59. The van der Waals surface area contributed by atoms with Gasteiger partial charge in [0, 0.05) is 12.4 Å². The molecular formula is C11H12N2O3. The quantitative estimate of drug-likeness (QED) is 0.773. The monoisotopic (exact) mass is 220 g/mol. The van der Waals surface area contributed by atoms with Gasteiger partial charge in [-0.25, -0.2) is 4.79 Å². The Hall–Kier alpha value is -1.88. The van der Waals surface area contributed by atoms with Crippen molar-refractivity contribution in [3.05, 3.63) is 36.2 Å². The van der Waals surface area contributed by atoms with E-state index in [1.807, 2.05) is 6.07 Å². The van der Waals surface area contributed by atoms with Gasteiger partial charge in [0.15, 0.2) is 0 Å². The summed E-state index contributed by atoms with van der Waals surface area (Å²) in [7, 11) is 0. The van der Waals surface area contributed by atoms with Crippen molar-refractivity contribution in [2.24, 2.45) is 0 Å². The number of amides is 1. The summed E-state index contributed by atoms with van der Waals surface area (Å²) in [4.78, 5) is 16.1. The number of nitrogens with zero attached hydrogens (tertiary/aromatic N) is 2. The van der Waals surface area contributed by atoms with Gasteiger partial charge < -0.3 is 10.2 Å². The average molecular weight is 220 g/mol. The van der Waals surface area contributed by atoms with Crippen LogP contribution in [0.4, 0.5) is 4.79 Å². The lowest BCUT2D eigenvalue weighted by atomic mass is 10.1. The Balaban J connectivity index is 2.23. The second-order valence-electron chi connectivity index (χ2n) is 3.59. The van der Waals surface area contributed by atoms with Gasteiger partial charge in [-0.2, -0.15) is 0 Å². The van der Waals surface area contributed by atoms with Crippen molar-refractivity contribution in [1.29, 1.82) is 0 Å². The van der Waals surface area contributed by atoms with Crippen molar-refractivity contribution in [1.82, 2.24) is 9.88 Å². The standard InChI is InChI=1S/C11H12N2O3/c14-7-10-4-9(6-13(10)11(15)16)8-2-1-3-12-5-8/h1-5,10,14H,6-7H2,(H,15,16). The van der Waals surface area contributed by atoms with Gasteiger partial charge >= 0.3 is 6.09 Å². The van der Waals surface area contributed by atoms with E-state index in [2.05, 4.69) is 4.98 Å². The Morgan fingerprint density at radius 1 is 1.62 bits per heavy atom. The number of carboxylic acid groups (broad SMARTS) is 1. The molecule has 0 aromatic carbocycles. The molecule has 2 rings (SSSR count). The maximum absolute atomic E-state index is 10.9. The molecule has 0 bridgehead atoms. The second kappa shape index (κ2) is 4.32. The maximum atomic E-state index is 10.9. The number of rotatable bonds is 2. The fraction of sp³-hybridized carbons (Fsp3) is 0.273. The van der Waals surface area contributed by atoms with Crippen LogP contribution in [-0.4, -0.2) is 45.4 Å². The Bertz CT molecular complexity index is 416. The Morgan fingerprint density at radius 2 is 2.44 bits per heavy atom. The van der Waals surface area contributed by atoms with Crippen LogP contribution in [0.3, 0.4) is 0 Å². The number of carbonyl (C=O) groups is 1. The van der Waals surface area contributed by atoms with Gasteiger partial charge in [-0.1, -0.05) is 12.1 Å². The molecule has 1 aliphatic rings. The zero-order valence-corrected chi connectivity index (χ0v) is 8.58. The van der Waals surface area contributed by atoms with E-state index >= 15 is 0 Å². The van der Waals surface area contributed by atoms with Crippen LogP contribution in [0, 0.1) is 0 Å². The molecular weight excluding hydrogens is 208 g/mol. The summed E-state index contributed by atoms with van der Waals surface area (Å²) in [5, 5.41) is 18.0. The first-order valence-electron chi connectivity index (χ1n) is 4.94. The van der Waals surface area contributed by atoms with Crippen molar-refractivity contribution in [3.8, 4) is 0 Å². The minimum Gasteiger partial charge on any atom is -0.465 e. The molecule has 0 saturated heterocycles. The molecule has 1 aromatic heterocycles. The van der Waals surface area contributed by atoms with Crippen LogP contribution in [0.15, 0.2) is 30.6 Å². The van der Waals surface area contributed by atoms with Crippen LogP contribution in [-0.2, 0) is 0 Å². The van der Waals surface area contributed by atoms with Crippen molar-refractivity contribution >= 4 is 11.7 Å². The molecule has 16 heavy (non-hydrogen) atoms. The summed E-state index contributed by atoms with van der Waals surface area (Å²) in [6, 6.07) is 3.22. The molecule has 0 spiro atoms. The van der Waals surface area contributed by atoms with E-state index in [9.17, 15) is 4.79 Å². The molecule has 2 N–H and O–H groups in total. The predicted molar refractivity (Wildman–Crippen MR) is 57.8 cm³/mol. The van der Waals surface area contributed by atoms with Crippen LogP contribution in [0.1, 0.15) is 5.56 Å². The Labute approximate surface area is 92.7 Å². The van der Waals surface area contributed by atoms with Gasteiger partial charge in [0.2, 0.25) is 0 Å². The van der Waals surface area contributed by atoms with Crippen molar-refractivity contribution in [2.45, 2.75) is 6.04 Å². The summed E-state index contributed by atoms with van der Waals surface area (Å²) in [5.41, 5.74) is 1.78. The third-order valence-corrected chi connectivity index (χ3v) is 2.60. The zero-order valence-electron chi connectivity index (χ0n) is 8.58. The smallest absolute Gasteiger partial charge is 0.408 e. The van der Waals surface area contributed by atoms with Crippen molar-refractivity contribution < 1.29 is 15.0 Å². The van der Waals surface area contributed by atoms with E-state index in [-0.39, 0.29) is 6.61 Å². The molecule has 2 heterocycles. The first-order chi connectivity index (χ1) is 7.72. The number of hydrogen-bond donors (Lipinski definition) is 2. The number of aromatic nitrogens is 1. The van der Waals surface area contributed by atoms with E-state index in [1.54, 1.807) is 24.5 Å². The zero-order chi connectivity index (χ0) is 11.5. The minimum absolute atomic E-state index is 0.198. The van der Waals surface area contributed by atoms with Crippen molar-refractivity contribution in [2.75, 3.05) is 13.2 Å². The van der Waals surface area contributed by atoms with E-state index in [1.165, 1.54) is 4.90 Å². The molecule has 5 nitrogen and oxygen atoms in total. The highest BCUT2D eigenvalue weighted by Crippen LogP contribution is 2.24. The van der Waals surface area contributed by atoms with Gasteiger partial charge in [0.1, 0.15) is 0 Å². The Kier molecular flexibility index (Phi) is 2.87. The molecule has 0 aliphatic carbocycles. The lowest BCUT2D eigenvalue weighted by molar-refractivity contribution is 0.125. The van der Waals surface area contributed by atoms with Gasteiger partial charge in [0.05, 0.1) is 19.2 Å². The third-order valence-electron chi connectivity index (χ3n) is 2.60. The number of aliphatic hydroxyl groups is 1. The van der Waals surface area contributed by atoms with E-state index in [0.717, 1.165) is 11.1 Å². The number of pyridine rings is 1. The summed E-state index contributed by atoms with van der Waals surface area (Å²) in [5.74, 6) is 0. The summed E-state index contributed by atoms with van der Waals surface area (Å²) >= 11 is 0. The maximum Gasteiger partial charge on any atom is 0.408 e. The topological polar surface area (TPSA) is 73.7 Å². The largest absolute Gasteiger partial charge is 0.465 e. The van der Waals surface area contributed by atoms with Gasteiger partial charge in [0.25, 0.3) is 0 Å². The predicted octanol–water partition coefficient (Wildman–Crippen LogP) is 0.819. The highest BCUT2D eigenvalue weighted by molar-refractivity contribution is 5.77. The lowest BCUT2D eigenvalue weighted by Crippen LogP contribution is -2.37. The molecule has 1 unspecified atom stereocenters. The summed E-state index contributed by atoms with van der Waals surface area (Å²) in [6.07, 6.45) is 4.10. The van der Waals surface area contributed by atoms with Crippen LogP contribution < -0.4 is 0 Å². The highest BCUT2D eigenvalue weighted by Gasteiger charge is 2.28. The molecule has 1 aliphatic heterocycles. The van der Waals surface area contributed by atoms with E-state index < -0.39 is 12.1 Å².